The van der Waals surface area contributed by atoms with Crippen LogP contribution in [0, 0.1) is 5.92 Å². The Morgan fingerprint density at radius 1 is 1.26 bits per heavy atom. The number of piperidine rings is 1. The van der Waals surface area contributed by atoms with E-state index in [0.29, 0.717) is 17.6 Å². The Bertz CT molecular complexity index is 740. The van der Waals surface area contributed by atoms with Crippen LogP contribution in [0.1, 0.15) is 56.2 Å². The maximum Gasteiger partial charge on any atom is 0.317 e. The number of benzene rings is 1. The Labute approximate surface area is 161 Å². The third-order valence-corrected chi connectivity index (χ3v) is 5.22. The fourth-order valence-corrected chi connectivity index (χ4v) is 3.77. The predicted molar refractivity (Wildman–Crippen MR) is 107 cm³/mol. The van der Waals surface area contributed by atoms with Gasteiger partial charge in [0, 0.05) is 25.5 Å². The van der Waals surface area contributed by atoms with Gasteiger partial charge in [-0.15, -0.1) is 0 Å². The van der Waals surface area contributed by atoms with E-state index in [1.165, 1.54) is 0 Å². The summed E-state index contributed by atoms with van der Waals surface area (Å²) in [5, 5.41) is 12.9. The van der Waals surface area contributed by atoms with Gasteiger partial charge in [-0.3, -0.25) is 4.98 Å². The fourth-order valence-electron chi connectivity index (χ4n) is 3.77. The minimum Gasteiger partial charge on any atom is -0.508 e. The van der Waals surface area contributed by atoms with Crippen LogP contribution in [0.5, 0.6) is 5.75 Å². The van der Waals surface area contributed by atoms with Crippen LogP contribution in [0.25, 0.3) is 0 Å². The highest BCUT2D eigenvalue weighted by Crippen LogP contribution is 2.30. The van der Waals surface area contributed by atoms with Crippen molar-refractivity contribution in [1.82, 2.24) is 15.2 Å². The Morgan fingerprint density at radius 2 is 2.04 bits per heavy atom. The number of carbonyl (C=O) groups excluding carboxylic acids is 1. The first-order chi connectivity index (χ1) is 13.0. The third kappa shape index (κ3) is 5.22. The monoisotopic (exact) mass is 367 g/mol. The molecular weight excluding hydrogens is 338 g/mol. The number of hydrogen-bond acceptors (Lipinski definition) is 3. The molecule has 27 heavy (non-hydrogen) atoms. The molecule has 1 aromatic carbocycles. The molecule has 1 atom stereocenters. The molecule has 5 nitrogen and oxygen atoms in total. The lowest BCUT2D eigenvalue weighted by atomic mass is 9.89. The zero-order valence-corrected chi connectivity index (χ0v) is 16.1. The van der Waals surface area contributed by atoms with Gasteiger partial charge in [0.05, 0.1) is 6.04 Å². The van der Waals surface area contributed by atoms with Crippen molar-refractivity contribution < 1.29 is 9.90 Å². The number of nitrogens with one attached hydrogen (secondary N) is 1. The summed E-state index contributed by atoms with van der Waals surface area (Å²) < 4.78 is 0. The van der Waals surface area contributed by atoms with E-state index in [1.54, 1.807) is 12.3 Å². The van der Waals surface area contributed by atoms with Crippen LogP contribution in [-0.4, -0.2) is 34.1 Å². The summed E-state index contributed by atoms with van der Waals surface area (Å²) in [4.78, 5) is 18.9. The van der Waals surface area contributed by atoms with Crippen LogP contribution in [0.3, 0.4) is 0 Å². The molecule has 1 aromatic heterocycles. The summed E-state index contributed by atoms with van der Waals surface area (Å²) in [6.07, 6.45) is 6.31. The fraction of sp³-hybridized carbons (Fsp3) is 0.455. The smallest absolute Gasteiger partial charge is 0.317 e. The number of aromatic hydroxyl groups is 1. The summed E-state index contributed by atoms with van der Waals surface area (Å²) in [5.41, 5.74) is 2.21. The minimum absolute atomic E-state index is 0.00105. The van der Waals surface area contributed by atoms with E-state index in [9.17, 15) is 9.90 Å². The maximum absolute atomic E-state index is 12.8. The number of nitrogens with zero attached hydrogens (tertiary/aromatic N) is 2. The van der Waals surface area contributed by atoms with Crippen molar-refractivity contribution in [2.24, 2.45) is 5.92 Å². The zero-order chi connectivity index (χ0) is 19.2. The molecule has 5 heteroatoms. The highest BCUT2D eigenvalue weighted by molar-refractivity contribution is 5.74. The van der Waals surface area contributed by atoms with E-state index >= 15 is 0 Å². The molecule has 2 heterocycles. The second kappa shape index (κ2) is 8.89. The first-order valence-electron chi connectivity index (χ1n) is 9.77. The number of pyridine rings is 1. The molecule has 0 spiro atoms. The van der Waals surface area contributed by atoms with E-state index in [1.807, 2.05) is 35.4 Å². The van der Waals surface area contributed by atoms with E-state index in [-0.39, 0.29) is 12.1 Å². The van der Waals surface area contributed by atoms with Crippen LogP contribution in [-0.2, 0) is 0 Å². The molecular formula is C22H29N3O2. The summed E-state index contributed by atoms with van der Waals surface area (Å²) in [6.45, 7) is 5.79. The second-order valence-corrected chi connectivity index (χ2v) is 7.77. The molecule has 0 unspecified atom stereocenters. The lowest BCUT2D eigenvalue weighted by Gasteiger charge is -2.33. The van der Waals surface area contributed by atoms with Crippen molar-refractivity contribution in [2.45, 2.75) is 45.1 Å². The SMILES string of the molecule is CC(C)C[C@@H](NC(=O)N1CCC(c2cccc(O)c2)CC1)c1cccnc1. The van der Waals surface area contributed by atoms with E-state index in [4.69, 9.17) is 0 Å². The highest BCUT2D eigenvalue weighted by atomic mass is 16.3. The van der Waals surface area contributed by atoms with Crippen LogP contribution >= 0.6 is 0 Å². The van der Waals surface area contributed by atoms with Crippen molar-refractivity contribution in [3.63, 3.8) is 0 Å². The average molecular weight is 367 g/mol. The predicted octanol–water partition coefficient (Wildman–Crippen LogP) is 4.46. The van der Waals surface area contributed by atoms with Crippen molar-refractivity contribution in [3.05, 3.63) is 59.9 Å². The lowest BCUT2D eigenvalue weighted by Crippen LogP contribution is -2.45. The number of phenolic OH excluding ortho intramolecular Hbond substituents is 1. The first kappa shape index (κ1) is 19.2. The van der Waals surface area contributed by atoms with Gasteiger partial charge < -0.3 is 15.3 Å². The molecule has 1 aliphatic heterocycles. The standard InChI is InChI=1S/C22H29N3O2/c1-16(2)13-21(19-6-4-10-23-15-19)24-22(27)25-11-8-17(9-12-25)18-5-3-7-20(26)14-18/h3-7,10,14-17,21,26H,8-9,11-13H2,1-2H3,(H,24,27)/t21-/m1/s1. The molecule has 144 valence electrons. The van der Waals surface area contributed by atoms with Crippen molar-refractivity contribution in [1.29, 1.82) is 0 Å². The number of phenols is 1. The molecule has 1 saturated heterocycles. The highest BCUT2D eigenvalue weighted by Gasteiger charge is 2.26. The number of aromatic nitrogens is 1. The number of hydrogen-bond donors (Lipinski definition) is 2. The lowest BCUT2D eigenvalue weighted by molar-refractivity contribution is 0.176. The molecule has 2 amide bonds. The number of carbonyl (C=O) groups is 1. The molecule has 0 bridgehead atoms. The van der Waals surface area contributed by atoms with E-state index < -0.39 is 0 Å². The van der Waals surface area contributed by atoms with Gasteiger partial charge in [-0.1, -0.05) is 32.0 Å². The largest absolute Gasteiger partial charge is 0.508 e. The van der Waals surface area contributed by atoms with Gasteiger partial charge in [-0.05, 0) is 60.4 Å². The molecule has 2 aromatic rings. The molecule has 0 aliphatic carbocycles. The van der Waals surface area contributed by atoms with Crippen LogP contribution in [0.2, 0.25) is 0 Å². The molecule has 1 fully saturated rings. The Hall–Kier alpha value is -2.56. The number of amides is 2. The molecule has 2 N–H and O–H groups in total. The minimum atomic E-state index is -0.0185. The van der Waals surface area contributed by atoms with Gasteiger partial charge in [0.1, 0.15) is 5.75 Å². The maximum atomic E-state index is 12.8. The Kier molecular flexibility index (Phi) is 6.32. The van der Waals surface area contributed by atoms with Crippen molar-refractivity contribution in [2.75, 3.05) is 13.1 Å². The van der Waals surface area contributed by atoms with Crippen molar-refractivity contribution >= 4 is 6.03 Å². The Morgan fingerprint density at radius 3 is 2.67 bits per heavy atom. The summed E-state index contributed by atoms with van der Waals surface area (Å²) in [5.74, 6) is 1.18. The van der Waals surface area contributed by atoms with Gasteiger partial charge in [0.15, 0.2) is 0 Å². The quantitative estimate of drug-likeness (QED) is 0.820. The van der Waals surface area contributed by atoms with Crippen LogP contribution < -0.4 is 5.32 Å². The Balaban J connectivity index is 1.59. The summed E-state index contributed by atoms with van der Waals surface area (Å²) in [6, 6.07) is 11.4. The summed E-state index contributed by atoms with van der Waals surface area (Å²) >= 11 is 0. The number of rotatable bonds is 5. The zero-order valence-electron chi connectivity index (χ0n) is 16.1. The van der Waals surface area contributed by atoms with Crippen LogP contribution in [0.4, 0.5) is 4.79 Å². The van der Waals surface area contributed by atoms with E-state index in [2.05, 4.69) is 30.2 Å². The van der Waals surface area contributed by atoms with Gasteiger partial charge in [-0.25, -0.2) is 4.79 Å². The van der Waals surface area contributed by atoms with Gasteiger partial charge in [0.2, 0.25) is 0 Å². The second-order valence-electron chi connectivity index (χ2n) is 7.77. The van der Waals surface area contributed by atoms with Gasteiger partial charge in [0.25, 0.3) is 0 Å². The summed E-state index contributed by atoms with van der Waals surface area (Å²) in [7, 11) is 0. The third-order valence-electron chi connectivity index (χ3n) is 5.22. The van der Waals surface area contributed by atoms with Crippen molar-refractivity contribution in [3.8, 4) is 5.75 Å². The van der Waals surface area contributed by atoms with E-state index in [0.717, 1.165) is 43.5 Å². The molecule has 1 aliphatic rings. The number of urea groups is 1. The first-order valence-corrected chi connectivity index (χ1v) is 9.77. The number of likely N-dealkylation sites (tertiary alicyclic amines) is 1. The average Bonchev–Trinajstić information content (AvgIpc) is 2.68. The van der Waals surface area contributed by atoms with Gasteiger partial charge >= 0.3 is 6.03 Å². The topological polar surface area (TPSA) is 65.5 Å². The molecule has 0 radical (unpaired) electrons. The normalized spacial score (nSPS) is 16.3. The van der Waals surface area contributed by atoms with Crippen LogP contribution in [0.15, 0.2) is 48.8 Å². The molecule has 3 rings (SSSR count). The molecule has 0 saturated carbocycles. The van der Waals surface area contributed by atoms with Gasteiger partial charge in [-0.2, -0.15) is 0 Å².